The van der Waals surface area contributed by atoms with Crippen LogP contribution in [0.15, 0.2) is 42.5 Å². The van der Waals surface area contributed by atoms with Crippen molar-refractivity contribution in [2.45, 2.75) is 13.8 Å². The fraction of sp³-hybridized carbons (Fsp3) is 0.316. The number of halogens is 1. The zero-order valence-electron chi connectivity index (χ0n) is 14.2. The lowest BCUT2D eigenvalue weighted by Crippen LogP contribution is -2.34. The minimum absolute atomic E-state index is 0.0156. The summed E-state index contributed by atoms with van der Waals surface area (Å²) in [5.41, 5.74) is 2.12. The van der Waals surface area contributed by atoms with Crippen molar-refractivity contribution in [3.63, 3.8) is 0 Å². The molecule has 5 heteroatoms. The smallest absolute Gasteiger partial charge is 0.260 e. The van der Waals surface area contributed by atoms with Crippen LogP contribution in [0.2, 0.25) is 5.02 Å². The Morgan fingerprint density at radius 2 is 1.79 bits per heavy atom. The normalized spacial score (nSPS) is 10.3. The van der Waals surface area contributed by atoms with Gasteiger partial charge in [0.25, 0.3) is 5.91 Å². The second-order valence-electron chi connectivity index (χ2n) is 5.68. The molecule has 2 rings (SSSR count). The topological polar surface area (TPSA) is 38.8 Å². The van der Waals surface area contributed by atoms with Gasteiger partial charge in [0, 0.05) is 12.1 Å². The highest BCUT2D eigenvalue weighted by Crippen LogP contribution is 2.19. The van der Waals surface area contributed by atoms with Gasteiger partial charge >= 0.3 is 0 Å². The minimum Gasteiger partial charge on any atom is -0.492 e. The average Bonchev–Trinajstić information content (AvgIpc) is 2.57. The lowest BCUT2D eigenvalue weighted by Gasteiger charge is -2.18. The predicted molar refractivity (Wildman–Crippen MR) is 96.0 cm³/mol. The summed E-state index contributed by atoms with van der Waals surface area (Å²) in [5, 5.41) is 0.665. The highest BCUT2D eigenvalue weighted by atomic mass is 35.5. The number of aryl methyl sites for hydroxylation is 2. The van der Waals surface area contributed by atoms with Gasteiger partial charge < -0.3 is 14.4 Å². The third kappa shape index (κ3) is 5.46. The van der Waals surface area contributed by atoms with Crippen LogP contribution in [0, 0.1) is 13.8 Å². The molecule has 0 N–H and O–H groups in total. The molecule has 2 aromatic carbocycles. The van der Waals surface area contributed by atoms with E-state index in [-0.39, 0.29) is 12.5 Å². The molecule has 0 unspecified atom stereocenters. The van der Waals surface area contributed by atoms with Gasteiger partial charge in [0.2, 0.25) is 0 Å². The number of benzene rings is 2. The standard InChI is InChI=1S/C19H22ClNO3/c1-14-4-5-15(2)18(12-14)24-13-19(22)21(3)10-11-23-17-8-6-16(20)7-9-17/h4-9,12H,10-11,13H2,1-3H3. The van der Waals surface area contributed by atoms with Crippen LogP contribution in [0.4, 0.5) is 0 Å². The van der Waals surface area contributed by atoms with E-state index in [9.17, 15) is 4.79 Å². The summed E-state index contributed by atoms with van der Waals surface area (Å²) in [4.78, 5) is 13.7. The van der Waals surface area contributed by atoms with Crippen molar-refractivity contribution in [2.24, 2.45) is 0 Å². The molecule has 24 heavy (non-hydrogen) atoms. The molecule has 0 bridgehead atoms. The number of hydrogen-bond donors (Lipinski definition) is 0. The number of carbonyl (C=O) groups excluding carboxylic acids is 1. The Morgan fingerprint density at radius 3 is 2.50 bits per heavy atom. The Morgan fingerprint density at radius 1 is 1.08 bits per heavy atom. The number of hydrogen-bond acceptors (Lipinski definition) is 3. The molecule has 4 nitrogen and oxygen atoms in total. The van der Waals surface area contributed by atoms with Gasteiger partial charge in [-0.3, -0.25) is 4.79 Å². The van der Waals surface area contributed by atoms with E-state index in [1.54, 1.807) is 36.2 Å². The van der Waals surface area contributed by atoms with Gasteiger partial charge in [-0.2, -0.15) is 0 Å². The van der Waals surface area contributed by atoms with E-state index in [1.165, 1.54) is 0 Å². The lowest BCUT2D eigenvalue weighted by molar-refractivity contribution is -0.132. The molecule has 1 amide bonds. The minimum atomic E-state index is -0.0874. The van der Waals surface area contributed by atoms with E-state index in [2.05, 4.69) is 0 Å². The highest BCUT2D eigenvalue weighted by molar-refractivity contribution is 6.30. The van der Waals surface area contributed by atoms with Gasteiger partial charge in [-0.15, -0.1) is 0 Å². The second-order valence-corrected chi connectivity index (χ2v) is 6.11. The SMILES string of the molecule is Cc1ccc(C)c(OCC(=O)N(C)CCOc2ccc(Cl)cc2)c1. The summed E-state index contributed by atoms with van der Waals surface area (Å²) in [6.07, 6.45) is 0. The maximum absolute atomic E-state index is 12.1. The van der Waals surface area contributed by atoms with E-state index in [0.29, 0.717) is 18.2 Å². The number of likely N-dealkylation sites (N-methyl/N-ethyl adjacent to an activating group) is 1. The zero-order valence-corrected chi connectivity index (χ0v) is 15.0. The Balaban J connectivity index is 1.75. The average molecular weight is 348 g/mol. The molecular weight excluding hydrogens is 326 g/mol. The van der Waals surface area contributed by atoms with Crippen LogP contribution in [-0.4, -0.2) is 37.6 Å². The van der Waals surface area contributed by atoms with E-state index < -0.39 is 0 Å². The van der Waals surface area contributed by atoms with Crippen LogP contribution in [0.1, 0.15) is 11.1 Å². The van der Waals surface area contributed by atoms with Crippen molar-refractivity contribution in [1.29, 1.82) is 0 Å². The molecule has 0 aliphatic rings. The Labute approximate surface area is 147 Å². The van der Waals surface area contributed by atoms with E-state index in [0.717, 1.165) is 22.6 Å². The molecule has 0 spiro atoms. The summed E-state index contributed by atoms with van der Waals surface area (Å²) in [6, 6.07) is 13.1. The monoisotopic (exact) mass is 347 g/mol. The first kappa shape index (κ1) is 18.1. The van der Waals surface area contributed by atoms with Gasteiger partial charge in [-0.05, 0) is 55.3 Å². The summed E-state index contributed by atoms with van der Waals surface area (Å²) in [6.45, 7) is 4.87. The number of rotatable bonds is 7. The van der Waals surface area contributed by atoms with E-state index in [4.69, 9.17) is 21.1 Å². The Hall–Kier alpha value is -2.20. The third-order valence-corrected chi connectivity index (χ3v) is 3.88. The maximum Gasteiger partial charge on any atom is 0.260 e. The molecule has 0 saturated carbocycles. The maximum atomic E-state index is 12.1. The van der Waals surface area contributed by atoms with Crippen LogP contribution in [0.3, 0.4) is 0 Å². The summed E-state index contributed by atoms with van der Waals surface area (Å²) < 4.78 is 11.2. The van der Waals surface area contributed by atoms with E-state index >= 15 is 0 Å². The lowest BCUT2D eigenvalue weighted by atomic mass is 10.1. The molecule has 0 radical (unpaired) electrons. The van der Waals surface area contributed by atoms with Crippen molar-refractivity contribution in [2.75, 3.05) is 26.8 Å². The Kier molecular flexibility index (Phi) is 6.50. The largest absolute Gasteiger partial charge is 0.492 e. The highest BCUT2D eigenvalue weighted by Gasteiger charge is 2.10. The van der Waals surface area contributed by atoms with Crippen molar-refractivity contribution in [1.82, 2.24) is 4.90 Å². The van der Waals surface area contributed by atoms with Crippen molar-refractivity contribution in [3.05, 3.63) is 58.6 Å². The third-order valence-electron chi connectivity index (χ3n) is 3.63. The predicted octanol–water partition coefficient (Wildman–Crippen LogP) is 3.87. The molecule has 0 aliphatic heterocycles. The molecule has 2 aromatic rings. The fourth-order valence-corrected chi connectivity index (χ4v) is 2.19. The van der Waals surface area contributed by atoms with Crippen LogP contribution in [0.25, 0.3) is 0 Å². The van der Waals surface area contributed by atoms with Crippen molar-refractivity contribution >= 4 is 17.5 Å². The number of carbonyl (C=O) groups is 1. The Bertz CT molecular complexity index is 686. The van der Waals surface area contributed by atoms with Gasteiger partial charge in [0.1, 0.15) is 18.1 Å². The number of amides is 1. The molecule has 0 heterocycles. The quantitative estimate of drug-likeness (QED) is 0.763. The van der Waals surface area contributed by atoms with Crippen LogP contribution in [-0.2, 0) is 4.79 Å². The zero-order chi connectivity index (χ0) is 17.5. The first-order valence-electron chi connectivity index (χ1n) is 7.78. The number of ether oxygens (including phenoxy) is 2. The molecule has 0 saturated heterocycles. The van der Waals surface area contributed by atoms with Crippen LogP contribution >= 0.6 is 11.6 Å². The molecule has 128 valence electrons. The summed E-state index contributed by atoms with van der Waals surface area (Å²) in [7, 11) is 1.74. The van der Waals surface area contributed by atoms with Gasteiger partial charge in [-0.25, -0.2) is 0 Å². The molecule has 0 aromatic heterocycles. The summed E-state index contributed by atoms with van der Waals surface area (Å²) in [5.74, 6) is 1.39. The molecule has 0 aliphatic carbocycles. The van der Waals surface area contributed by atoms with Crippen LogP contribution < -0.4 is 9.47 Å². The van der Waals surface area contributed by atoms with Crippen LogP contribution in [0.5, 0.6) is 11.5 Å². The van der Waals surface area contributed by atoms with E-state index in [1.807, 2.05) is 32.0 Å². The fourth-order valence-electron chi connectivity index (χ4n) is 2.07. The molecule has 0 fully saturated rings. The van der Waals surface area contributed by atoms with Gasteiger partial charge in [-0.1, -0.05) is 23.7 Å². The summed E-state index contributed by atoms with van der Waals surface area (Å²) >= 11 is 5.82. The molecular formula is C19H22ClNO3. The first-order valence-corrected chi connectivity index (χ1v) is 8.16. The first-order chi connectivity index (χ1) is 11.5. The molecule has 0 atom stereocenters. The van der Waals surface area contributed by atoms with Crippen molar-refractivity contribution < 1.29 is 14.3 Å². The second kappa shape index (κ2) is 8.60. The number of nitrogens with zero attached hydrogens (tertiary/aromatic N) is 1. The van der Waals surface area contributed by atoms with Crippen molar-refractivity contribution in [3.8, 4) is 11.5 Å². The van der Waals surface area contributed by atoms with Gasteiger partial charge in [0.15, 0.2) is 6.61 Å². The van der Waals surface area contributed by atoms with Gasteiger partial charge in [0.05, 0.1) is 6.54 Å².